The predicted octanol–water partition coefficient (Wildman–Crippen LogP) is 4.55. The first-order valence-corrected chi connectivity index (χ1v) is 11.2. The fraction of sp³-hybridized carbons (Fsp3) is 0.269. The summed E-state index contributed by atoms with van der Waals surface area (Å²) in [6.07, 6.45) is 0.924. The molecule has 0 bridgehead atoms. The van der Waals surface area contributed by atoms with Crippen molar-refractivity contribution in [1.29, 1.82) is 5.26 Å². The molecule has 3 aromatic rings. The van der Waals surface area contributed by atoms with Crippen molar-refractivity contribution in [2.24, 2.45) is 0 Å². The van der Waals surface area contributed by atoms with E-state index in [1.807, 2.05) is 0 Å². The summed E-state index contributed by atoms with van der Waals surface area (Å²) in [6.45, 7) is 1.13. The number of halogens is 2. The van der Waals surface area contributed by atoms with E-state index in [2.05, 4.69) is 21.3 Å². The smallest absolute Gasteiger partial charge is 0.261 e. The Kier molecular flexibility index (Phi) is 7.49. The van der Waals surface area contributed by atoms with Gasteiger partial charge in [0, 0.05) is 38.1 Å². The number of nitrogens with one attached hydrogen (secondary N) is 1. The van der Waals surface area contributed by atoms with Gasteiger partial charge in [0.05, 0.1) is 37.2 Å². The lowest BCUT2D eigenvalue weighted by Crippen LogP contribution is -2.38. The van der Waals surface area contributed by atoms with E-state index in [0.717, 1.165) is 17.8 Å². The second-order valence-electron chi connectivity index (χ2n) is 8.09. The Morgan fingerprint density at radius 1 is 1.08 bits per heavy atom. The highest BCUT2D eigenvalue weighted by atomic mass is 19.1. The van der Waals surface area contributed by atoms with Gasteiger partial charge in [0.1, 0.15) is 17.5 Å². The topological polar surface area (TPSA) is 96.7 Å². The summed E-state index contributed by atoms with van der Waals surface area (Å²) >= 11 is 0. The maximum Gasteiger partial charge on any atom is 0.261 e. The number of piperidine rings is 1. The van der Waals surface area contributed by atoms with Crippen molar-refractivity contribution in [1.82, 2.24) is 4.98 Å². The fourth-order valence-electron chi connectivity index (χ4n) is 4.00. The Morgan fingerprint density at radius 2 is 1.86 bits per heavy atom. The van der Waals surface area contributed by atoms with Crippen molar-refractivity contribution in [2.75, 3.05) is 37.5 Å². The molecular formula is C26H24F2N4O4. The number of nitriles is 1. The molecule has 1 amide bonds. The zero-order valence-corrected chi connectivity index (χ0v) is 19.8. The lowest BCUT2D eigenvalue weighted by Gasteiger charge is -2.35. The van der Waals surface area contributed by atoms with Gasteiger partial charge in [-0.15, -0.1) is 0 Å². The molecule has 0 unspecified atom stereocenters. The Labute approximate surface area is 207 Å². The number of ether oxygens (including phenoxy) is 3. The van der Waals surface area contributed by atoms with Gasteiger partial charge in [-0.3, -0.25) is 4.79 Å². The van der Waals surface area contributed by atoms with Gasteiger partial charge in [0.15, 0.2) is 11.6 Å². The van der Waals surface area contributed by atoms with E-state index in [1.54, 1.807) is 30.3 Å². The number of aromatic nitrogens is 1. The summed E-state index contributed by atoms with van der Waals surface area (Å²) < 4.78 is 43.2. The van der Waals surface area contributed by atoms with Gasteiger partial charge in [-0.1, -0.05) is 0 Å². The Balaban J connectivity index is 1.50. The molecule has 0 aliphatic carbocycles. The summed E-state index contributed by atoms with van der Waals surface area (Å²) in [4.78, 5) is 19.3. The number of benzene rings is 2. The maximum atomic E-state index is 14.0. The predicted molar refractivity (Wildman–Crippen MR) is 129 cm³/mol. The molecular weight excluding hydrogens is 470 g/mol. The molecule has 2 heterocycles. The average Bonchev–Trinajstić information content (AvgIpc) is 2.90. The Morgan fingerprint density at radius 3 is 2.53 bits per heavy atom. The number of pyridine rings is 1. The first-order valence-electron chi connectivity index (χ1n) is 11.2. The fourth-order valence-corrected chi connectivity index (χ4v) is 4.00. The zero-order valence-electron chi connectivity index (χ0n) is 19.8. The van der Waals surface area contributed by atoms with Gasteiger partial charge in [-0.25, -0.2) is 8.78 Å². The van der Waals surface area contributed by atoms with Crippen LogP contribution in [0.2, 0.25) is 0 Å². The second-order valence-corrected chi connectivity index (χ2v) is 8.09. The van der Waals surface area contributed by atoms with Crippen molar-refractivity contribution in [3.8, 4) is 23.6 Å². The molecule has 1 aliphatic heterocycles. The molecule has 10 heteroatoms. The Bertz CT molecular complexity index is 1300. The summed E-state index contributed by atoms with van der Waals surface area (Å²) in [7, 11) is 2.87. The summed E-state index contributed by atoms with van der Waals surface area (Å²) in [5.41, 5.74) is 1.79. The van der Waals surface area contributed by atoms with Gasteiger partial charge in [0.2, 0.25) is 11.8 Å². The molecule has 4 rings (SSSR count). The zero-order chi connectivity index (χ0) is 25.7. The standard InChI is InChI=1S/C26H24F2N4O4/c1-34-24-8-5-19(26(31-24)35-2)25(33)30-21-13-16(15-29)3-6-22(21)32-11-9-18(10-12-32)36-23-7-4-17(27)14-20(23)28/h3-8,13-14,18H,9-12H2,1-2H3,(H,30,33). The molecule has 1 N–H and O–H groups in total. The van der Waals surface area contributed by atoms with Crippen LogP contribution in [0.25, 0.3) is 0 Å². The van der Waals surface area contributed by atoms with Crippen LogP contribution in [-0.4, -0.2) is 44.3 Å². The molecule has 8 nitrogen and oxygen atoms in total. The van der Waals surface area contributed by atoms with Crippen molar-refractivity contribution in [3.63, 3.8) is 0 Å². The quantitative estimate of drug-likeness (QED) is 0.515. The van der Waals surface area contributed by atoms with Crippen LogP contribution in [0.4, 0.5) is 20.2 Å². The van der Waals surface area contributed by atoms with Crippen LogP contribution in [0.3, 0.4) is 0 Å². The SMILES string of the molecule is COc1ccc(C(=O)Nc2cc(C#N)ccc2N2CCC(Oc3ccc(F)cc3F)CC2)c(OC)n1. The van der Waals surface area contributed by atoms with Gasteiger partial charge in [-0.2, -0.15) is 10.2 Å². The number of hydrogen-bond acceptors (Lipinski definition) is 7. The minimum atomic E-state index is -0.738. The molecule has 36 heavy (non-hydrogen) atoms. The molecule has 0 radical (unpaired) electrons. The molecule has 0 spiro atoms. The van der Waals surface area contributed by atoms with Crippen LogP contribution in [0, 0.1) is 23.0 Å². The number of amides is 1. The van der Waals surface area contributed by atoms with E-state index in [9.17, 15) is 18.8 Å². The van der Waals surface area contributed by atoms with Crippen LogP contribution in [0.15, 0.2) is 48.5 Å². The molecule has 1 saturated heterocycles. The summed E-state index contributed by atoms with van der Waals surface area (Å²) in [5, 5.41) is 12.2. The number of hydrogen-bond donors (Lipinski definition) is 1. The molecule has 0 atom stereocenters. The molecule has 1 aromatic heterocycles. The highest BCUT2D eigenvalue weighted by molar-refractivity contribution is 6.07. The van der Waals surface area contributed by atoms with Gasteiger partial charge >= 0.3 is 0 Å². The second kappa shape index (κ2) is 10.9. The van der Waals surface area contributed by atoms with Crippen LogP contribution in [0.1, 0.15) is 28.8 Å². The van der Waals surface area contributed by atoms with Crippen LogP contribution >= 0.6 is 0 Å². The Hall–Kier alpha value is -4.39. The summed E-state index contributed by atoms with van der Waals surface area (Å²) in [5.74, 6) is -1.42. The van der Waals surface area contributed by atoms with E-state index in [0.29, 0.717) is 43.1 Å². The van der Waals surface area contributed by atoms with E-state index in [-0.39, 0.29) is 23.3 Å². The number of carbonyl (C=O) groups excluding carboxylic acids is 1. The minimum absolute atomic E-state index is 0.0169. The molecule has 1 fully saturated rings. The van der Waals surface area contributed by atoms with Gasteiger partial charge in [-0.05, 0) is 36.4 Å². The minimum Gasteiger partial charge on any atom is -0.487 e. The number of anilines is 2. The van der Waals surface area contributed by atoms with E-state index < -0.39 is 17.5 Å². The lowest BCUT2D eigenvalue weighted by atomic mass is 10.1. The van der Waals surface area contributed by atoms with E-state index in [1.165, 1.54) is 20.3 Å². The summed E-state index contributed by atoms with van der Waals surface area (Å²) in [6, 6.07) is 13.5. The lowest BCUT2D eigenvalue weighted by molar-refractivity contribution is 0.102. The van der Waals surface area contributed by atoms with Gasteiger partial charge in [0.25, 0.3) is 5.91 Å². The van der Waals surface area contributed by atoms with Gasteiger partial charge < -0.3 is 24.4 Å². The van der Waals surface area contributed by atoms with Crippen LogP contribution < -0.4 is 24.4 Å². The van der Waals surface area contributed by atoms with E-state index >= 15 is 0 Å². The third kappa shape index (κ3) is 5.46. The molecule has 186 valence electrons. The highest BCUT2D eigenvalue weighted by Gasteiger charge is 2.25. The molecule has 1 aliphatic rings. The molecule has 0 saturated carbocycles. The third-order valence-corrected chi connectivity index (χ3v) is 5.83. The van der Waals surface area contributed by atoms with Crippen molar-refractivity contribution in [2.45, 2.75) is 18.9 Å². The number of nitrogens with zero attached hydrogens (tertiary/aromatic N) is 3. The maximum absolute atomic E-state index is 14.0. The molecule has 2 aromatic carbocycles. The largest absolute Gasteiger partial charge is 0.487 e. The third-order valence-electron chi connectivity index (χ3n) is 5.83. The first-order chi connectivity index (χ1) is 17.4. The average molecular weight is 494 g/mol. The monoisotopic (exact) mass is 494 g/mol. The van der Waals surface area contributed by atoms with Crippen molar-refractivity contribution in [3.05, 3.63) is 71.3 Å². The highest BCUT2D eigenvalue weighted by Crippen LogP contribution is 2.32. The van der Waals surface area contributed by atoms with Crippen molar-refractivity contribution < 1.29 is 27.8 Å². The first kappa shape index (κ1) is 24.7. The van der Waals surface area contributed by atoms with Crippen LogP contribution in [0.5, 0.6) is 17.5 Å². The normalized spacial score (nSPS) is 13.6. The van der Waals surface area contributed by atoms with E-state index in [4.69, 9.17) is 14.2 Å². The number of methoxy groups -OCH3 is 2. The number of carbonyl (C=O) groups is 1. The van der Waals surface area contributed by atoms with Crippen molar-refractivity contribution >= 4 is 17.3 Å². The number of rotatable bonds is 7. The van der Waals surface area contributed by atoms with Crippen LogP contribution in [-0.2, 0) is 0 Å².